The number of carbonyl (C=O) groups is 2. The van der Waals surface area contributed by atoms with E-state index >= 15 is 0 Å². The van der Waals surface area contributed by atoms with Crippen LogP contribution in [0, 0.1) is 17.8 Å². The number of morpholine rings is 1. The number of piperidine rings is 1. The van der Waals surface area contributed by atoms with Crippen molar-refractivity contribution in [2.75, 3.05) is 24.6 Å². The van der Waals surface area contributed by atoms with Gasteiger partial charge in [-0.05, 0) is 44.6 Å². The van der Waals surface area contributed by atoms with E-state index in [0.717, 1.165) is 6.42 Å². The van der Waals surface area contributed by atoms with Crippen LogP contribution in [0.5, 0.6) is 0 Å². The second-order valence-electron chi connectivity index (χ2n) is 13.1. The van der Waals surface area contributed by atoms with Gasteiger partial charge >= 0.3 is 6.18 Å². The highest BCUT2D eigenvalue weighted by Crippen LogP contribution is 2.42. The summed E-state index contributed by atoms with van der Waals surface area (Å²) in [6.07, 6.45) is -1.39. The molecule has 0 spiro atoms. The second-order valence-corrected chi connectivity index (χ2v) is 13.1. The fraction of sp³-hybridized carbons (Fsp3) is 0.667. The molecular formula is C30H36F5N9O3. The Hall–Kier alpha value is -3.89. The maximum atomic E-state index is 14.2. The van der Waals surface area contributed by atoms with Gasteiger partial charge in [0.05, 0.1) is 42.6 Å². The number of nitrogens with one attached hydrogen (secondary N) is 2. The minimum absolute atomic E-state index is 0.00704. The molecule has 3 aromatic rings. The predicted octanol–water partition coefficient (Wildman–Crippen LogP) is 3.47. The second kappa shape index (κ2) is 12.0. The van der Waals surface area contributed by atoms with E-state index in [1.54, 1.807) is 12.3 Å². The summed E-state index contributed by atoms with van der Waals surface area (Å²) >= 11 is 0. The Morgan fingerprint density at radius 3 is 2.68 bits per heavy atom. The van der Waals surface area contributed by atoms with Crippen LogP contribution in [0.2, 0.25) is 0 Å². The van der Waals surface area contributed by atoms with Gasteiger partial charge in [0, 0.05) is 51.0 Å². The van der Waals surface area contributed by atoms with E-state index < -0.39 is 48.3 Å². The molecule has 3 aliphatic heterocycles. The molecular weight excluding hydrogens is 629 g/mol. The molecule has 17 heteroatoms. The third-order valence-electron chi connectivity index (χ3n) is 10.0. The molecule has 2 bridgehead atoms. The average molecular weight is 666 g/mol. The molecule has 1 unspecified atom stereocenters. The van der Waals surface area contributed by atoms with Gasteiger partial charge in [0.1, 0.15) is 11.4 Å². The zero-order valence-corrected chi connectivity index (χ0v) is 25.7. The van der Waals surface area contributed by atoms with Crippen LogP contribution in [0.3, 0.4) is 0 Å². The Labute approximate surface area is 266 Å². The number of carbonyl (C=O) groups excluding carboxylic acids is 2. The summed E-state index contributed by atoms with van der Waals surface area (Å²) in [4.78, 5) is 37.8. The first-order valence-corrected chi connectivity index (χ1v) is 16.1. The highest BCUT2D eigenvalue weighted by atomic mass is 19.4. The van der Waals surface area contributed by atoms with Gasteiger partial charge < -0.3 is 20.3 Å². The Balaban J connectivity index is 1.25. The first-order valence-electron chi connectivity index (χ1n) is 16.1. The number of ether oxygens (including phenoxy) is 1. The van der Waals surface area contributed by atoms with E-state index in [0.29, 0.717) is 42.6 Å². The summed E-state index contributed by atoms with van der Waals surface area (Å²) in [6, 6.07) is 0.823. The lowest BCUT2D eigenvalue weighted by atomic mass is 9.81. The summed E-state index contributed by atoms with van der Waals surface area (Å²) in [5.41, 5.74) is 1.04. The number of hydrogen-bond donors (Lipinski definition) is 2. The fourth-order valence-corrected chi connectivity index (χ4v) is 7.42. The number of nitrogens with zero attached hydrogens (tertiary/aromatic N) is 7. The van der Waals surface area contributed by atoms with Gasteiger partial charge in [0.2, 0.25) is 11.8 Å². The third kappa shape index (κ3) is 6.25. The molecule has 3 aromatic heterocycles. The van der Waals surface area contributed by atoms with Gasteiger partial charge in [-0.15, -0.1) is 0 Å². The summed E-state index contributed by atoms with van der Waals surface area (Å²) < 4.78 is 77.9. The van der Waals surface area contributed by atoms with E-state index in [4.69, 9.17) is 19.8 Å². The topological polar surface area (TPSA) is 132 Å². The van der Waals surface area contributed by atoms with Crippen molar-refractivity contribution >= 4 is 23.4 Å². The molecule has 4 aliphatic rings. The van der Waals surface area contributed by atoms with Crippen LogP contribution in [-0.2, 0) is 22.5 Å². The number of aryl methyl sites for hydroxylation is 1. The molecule has 3 saturated heterocycles. The molecule has 7 rings (SSSR count). The molecule has 5 atom stereocenters. The number of aromatic nitrogens is 6. The quantitative estimate of drug-likeness (QED) is 0.350. The molecule has 0 aromatic carbocycles. The third-order valence-corrected chi connectivity index (χ3v) is 10.0. The van der Waals surface area contributed by atoms with E-state index in [1.807, 2.05) is 11.8 Å². The number of rotatable bonds is 8. The lowest BCUT2D eigenvalue weighted by Crippen LogP contribution is -2.47. The maximum Gasteiger partial charge on any atom is 0.393 e. The van der Waals surface area contributed by atoms with Gasteiger partial charge in [-0.25, -0.2) is 18.3 Å². The Morgan fingerprint density at radius 1 is 1.21 bits per heavy atom. The Kier molecular flexibility index (Phi) is 8.07. The van der Waals surface area contributed by atoms with Crippen molar-refractivity contribution in [3.05, 3.63) is 35.5 Å². The van der Waals surface area contributed by atoms with Crippen LogP contribution in [0.4, 0.5) is 27.8 Å². The largest absolute Gasteiger partial charge is 0.393 e. The highest BCUT2D eigenvalue weighted by molar-refractivity contribution is 5.92. The number of fused-ring (bicyclic) bond motifs is 3. The summed E-state index contributed by atoms with van der Waals surface area (Å²) in [5.74, 6) is -6.07. The zero-order chi connectivity index (χ0) is 33.1. The zero-order valence-electron chi connectivity index (χ0n) is 25.7. The van der Waals surface area contributed by atoms with Crippen molar-refractivity contribution in [2.45, 2.75) is 88.7 Å². The smallest absolute Gasteiger partial charge is 0.374 e. The van der Waals surface area contributed by atoms with Crippen molar-refractivity contribution in [1.29, 1.82) is 0 Å². The number of amides is 2. The van der Waals surface area contributed by atoms with Gasteiger partial charge in [0.15, 0.2) is 5.82 Å². The lowest BCUT2D eigenvalue weighted by Gasteiger charge is -2.33. The molecule has 47 heavy (non-hydrogen) atoms. The van der Waals surface area contributed by atoms with Gasteiger partial charge in [-0.1, -0.05) is 0 Å². The van der Waals surface area contributed by atoms with E-state index in [1.165, 1.54) is 15.4 Å². The normalized spacial score (nSPS) is 26.9. The van der Waals surface area contributed by atoms with Crippen LogP contribution < -0.4 is 15.5 Å². The summed E-state index contributed by atoms with van der Waals surface area (Å²) in [5, 5.41) is 14.3. The molecule has 254 valence electrons. The molecule has 12 nitrogen and oxygen atoms in total. The van der Waals surface area contributed by atoms with Crippen molar-refractivity contribution in [2.24, 2.45) is 17.8 Å². The first-order chi connectivity index (χ1) is 22.4. The minimum Gasteiger partial charge on any atom is -0.374 e. The van der Waals surface area contributed by atoms with E-state index in [9.17, 15) is 31.5 Å². The molecule has 2 N–H and O–H groups in total. The minimum atomic E-state index is -4.45. The molecule has 1 saturated carbocycles. The number of imidazole rings is 1. The standard InChI is InChI=1S/C30H36F5N9O3/c1-2-43-23(5-8-37-43)27(46)39-24(16-3-6-29(31,32)7-4-16)22-14-44-28(38-22)40-25(42-13-20-11-19(42)15-47-20)21(41-44)10-17-9-18(30(33,34)35)12-36-26(17)45/h5,8,14,16-20,24H,2-4,6-7,9-13,15H2,1H3,(H,36,45)(H,39,46)/t17?,18-,19-,20-,24+/m1/s1. The van der Waals surface area contributed by atoms with Gasteiger partial charge in [-0.2, -0.15) is 28.4 Å². The van der Waals surface area contributed by atoms with E-state index in [2.05, 4.69) is 15.7 Å². The number of hydrogen-bond acceptors (Lipinski definition) is 8. The predicted molar refractivity (Wildman–Crippen MR) is 156 cm³/mol. The van der Waals surface area contributed by atoms with Gasteiger partial charge in [0.25, 0.3) is 11.7 Å². The van der Waals surface area contributed by atoms with Crippen LogP contribution >= 0.6 is 0 Å². The van der Waals surface area contributed by atoms with Gasteiger partial charge in [-0.3, -0.25) is 14.3 Å². The summed E-state index contributed by atoms with van der Waals surface area (Å²) in [7, 11) is 0. The SMILES string of the molecule is CCn1nccc1C(=O)N[C@H](c1cn2nc(CC3C[C@@H](C(F)(F)F)CNC3=O)c(N3C[C@H]4C[C@@H]3CO4)nc2n1)C1CCC(F)(F)CC1. The number of halogens is 5. The monoisotopic (exact) mass is 665 g/mol. The Bertz CT molecular complexity index is 1650. The lowest BCUT2D eigenvalue weighted by molar-refractivity contribution is -0.183. The highest BCUT2D eigenvalue weighted by Gasteiger charge is 2.46. The number of alkyl halides is 5. The van der Waals surface area contributed by atoms with Crippen LogP contribution in [0.25, 0.3) is 5.78 Å². The van der Waals surface area contributed by atoms with Crippen LogP contribution in [0.1, 0.15) is 73.4 Å². The van der Waals surface area contributed by atoms with Crippen molar-refractivity contribution in [1.82, 2.24) is 40.0 Å². The van der Waals surface area contributed by atoms with Crippen molar-refractivity contribution in [3.8, 4) is 0 Å². The molecule has 2 amide bonds. The molecule has 6 heterocycles. The molecule has 1 aliphatic carbocycles. The van der Waals surface area contributed by atoms with E-state index in [-0.39, 0.29) is 62.4 Å². The molecule has 0 radical (unpaired) electrons. The average Bonchev–Trinajstić information content (AvgIpc) is 3.84. The van der Waals surface area contributed by atoms with Crippen molar-refractivity contribution < 1.29 is 36.3 Å². The first kappa shape index (κ1) is 31.7. The van der Waals surface area contributed by atoms with Crippen molar-refractivity contribution in [3.63, 3.8) is 0 Å². The van der Waals surface area contributed by atoms with Crippen LogP contribution in [0.15, 0.2) is 18.5 Å². The maximum absolute atomic E-state index is 14.2. The fourth-order valence-electron chi connectivity index (χ4n) is 7.42. The van der Waals surface area contributed by atoms with Crippen LogP contribution in [-0.4, -0.2) is 85.1 Å². The Morgan fingerprint density at radius 2 is 2.00 bits per heavy atom. The number of anilines is 1. The molecule has 4 fully saturated rings. The summed E-state index contributed by atoms with van der Waals surface area (Å²) in [6.45, 7) is 2.81.